The van der Waals surface area contributed by atoms with Gasteiger partial charge in [0.2, 0.25) is 0 Å². The van der Waals surface area contributed by atoms with Crippen molar-refractivity contribution >= 4 is 38.9 Å². The summed E-state index contributed by atoms with van der Waals surface area (Å²) in [6.45, 7) is 0. The molecule has 53 valence electrons. The zero-order chi connectivity index (χ0) is 7.72. The summed E-state index contributed by atoms with van der Waals surface area (Å²) in [5.74, 6) is 0. The van der Waals surface area contributed by atoms with Crippen LogP contribution >= 0.6 is 27.5 Å². The van der Waals surface area contributed by atoms with Gasteiger partial charge in [-0.05, 0) is 28.1 Å². The second kappa shape index (κ2) is 2.68. The third kappa shape index (κ3) is 1.36. The first-order chi connectivity index (χ1) is 4.61. The van der Waals surface area contributed by atoms with Crippen LogP contribution in [-0.4, -0.2) is 0 Å². The van der Waals surface area contributed by atoms with Gasteiger partial charge in [0.25, 0.3) is 0 Å². The third-order valence-corrected chi connectivity index (χ3v) is 2.05. The number of halogens is 2. The fourth-order valence-electron chi connectivity index (χ4n) is 0.584. The van der Waals surface area contributed by atoms with E-state index in [0.717, 1.165) is 0 Å². The van der Waals surface area contributed by atoms with Crippen LogP contribution in [0.15, 0.2) is 16.6 Å². The molecule has 0 aromatic heterocycles. The van der Waals surface area contributed by atoms with Gasteiger partial charge in [-0.1, -0.05) is 11.6 Å². The minimum atomic E-state index is 0.353. The van der Waals surface area contributed by atoms with E-state index in [1.165, 1.54) is 6.07 Å². The lowest BCUT2D eigenvalue weighted by Crippen LogP contribution is -1.87. The Morgan fingerprint density at radius 2 is 2.10 bits per heavy atom. The molecule has 1 aromatic rings. The number of hydrogen-bond donors (Lipinski definition) is 1. The molecule has 0 saturated carbocycles. The van der Waals surface area contributed by atoms with Gasteiger partial charge >= 0.3 is 0 Å². The first kappa shape index (κ1) is 7.69. The molecule has 0 spiro atoms. The number of anilines is 1. The molecule has 0 aliphatic carbocycles. The van der Waals surface area contributed by atoms with Gasteiger partial charge in [0.1, 0.15) is 0 Å². The highest BCUT2D eigenvalue weighted by Crippen LogP contribution is 2.30. The average molecular weight is 220 g/mol. The number of hydrogen-bond acceptors (Lipinski definition) is 1. The Morgan fingerprint density at radius 1 is 1.50 bits per heavy atom. The maximum absolute atomic E-state index is 7.20. The fraction of sp³-hybridized carbons (Fsp3) is 0. The molecule has 0 unspecified atom stereocenters. The van der Waals surface area contributed by atoms with Crippen LogP contribution in [0.25, 0.3) is 0 Å². The molecule has 0 saturated heterocycles. The van der Waals surface area contributed by atoms with E-state index in [1.807, 2.05) is 0 Å². The monoisotopic (exact) mass is 219 g/mol. The van der Waals surface area contributed by atoms with Crippen LogP contribution in [0.5, 0.6) is 0 Å². The molecule has 0 heterocycles. The summed E-state index contributed by atoms with van der Waals surface area (Å²) < 4.78 is 0.671. The van der Waals surface area contributed by atoms with E-state index in [4.69, 9.17) is 23.1 Å². The molecule has 0 aliphatic heterocycles. The van der Waals surface area contributed by atoms with Crippen molar-refractivity contribution in [3.05, 3.63) is 21.6 Å². The predicted molar refractivity (Wildman–Crippen MR) is 46.3 cm³/mol. The number of nitrogens with two attached hydrogens (primary N) is 1. The Labute approximate surface area is 72.3 Å². The second-order valence-corrected chi connectivity index (χ2v) is 3.12. The van der Waals surface area contributed by atoms with Crippen molar-refractivity contribution in [1.29, 1.82) is 0 Å². The molecular formula is C6H5BrClN2. The predicted octanol–water partition coefficient (Wildman–Crippen LogP) is 2.60. The molecule has 0 fully saturated rings. The van der Waals surface area contributed by atoms with Crippen LogP contribution in [0.1, 0.15) is 0 Å². The van der Waals surface area contributed by atoms with Crippen molar-refractivity contribution in [3.8, 4) is 0 Å². The van der Waals surface area contributed by atoms with Crippen LogP contribution in [0, 0.1) is 0 Å². The molecule has 3 N–H and O–H groups in total. The van der Waals surface area contributed by atoms with E-state index in [9.17, 15) is 0 Å². The van der Waals surface area contributed by atoms with Gasteiger partial charge in [0.15, 0.2) is 0 Å². The summed E-state index contributed by atoms with van der Waals surface area (Å²) in [6, 6.07) is 3.10. The molecule has 0 aliphatic rings. The average Bonchev–Trinajstić information content (AvgIpc) is 1.82. The van der Waals surface area contributed by atoms with Crippen molar-refractivity contribution < 1.29 is 0 Å². The van der Waals surface area contributed by atoms with Gasteiger partial charge in [0, 0.05) is 4.47 Å². The van der Waals surface area contributed by atoms with Crippen LogP contribution in [0.2, 0.25) is 5.02 Å². The van der Waals surface area contributed by atoms with E-state index in [1.54, 1.807) is 6.07 Å². The topological polar surface area (TPSA) is 49.8 Å². The lowest BCUT2D eigenvalue weighted by atomic mass is 10.3. The lowest BCUT2D eigenvalue weighted by molar-refractivity contribution is 1.47. The zero-order valence-corrected chi connectivity index (χ0v) is 7.33. The van der Waals surface area contributed by atoms with Crippen LogP contribution in [0.3, 0.4) is 0 Å². The largest absolute Gasteiger partial charge is 0.397 e. The molecule has 2 nitrogen and oxygen atoms in total. The lowest BCUT2D eigenvalue weighted by Gasteiger charge is -2.00. The molecule has 4 heteroatoms. The van der Waals surface area contributed by atoms with Gasteiger partial charge < -0.3 is 11.5 Å². The molecule has 10 heavy (non-hydrogen) atoms. The molecule has 0 atom stereocenters. The molecule has 0 bridgehead atoms. The van der Waals surface area contributed by atoms with Gasteiger partial charge in [0.05, 0.1) is 16.4 Å². The number of nitrogens with one attached hydrogen (secondary N) is 1. The maximum atomic E-state index is 7.20. The molecular weight excluding hydrogens is 215 g/mol. The normalized spacial score (nSPS) is 9.80. The fourth-order valence-corrected chi connectivity index (χ4v) is 1.38. The Hall–Kier alpha value is -0.410. The zero-order valence-electron chi connectivity index (χ0n) is 4.99. The molecule has 1 rings (SSSR count). The van der Waals surface area contributed by atoms with Crippen molar-refractivity contribution in [2.45, 2.75) is 0 Å². The van der Waals surface area contributed by atoms with Gasteiger partial charge in [-0.15, -0.1) is 0 Å². The maximum Gasteiger partial charge on any atom is 0.0668 e. The molecule has 0 amide bonds. The first-order valence-corrected chi connectivity index (χ1v) is 3.74. The Kier molecular flexibility index (Phi) is 2.06. The summed E-state index contributed by atoms with van der Waals surface area (Å²) in [5, 5.41) is 0.416. The minimum absolute atomic E-state index is 0.353. The number of benzene rings is 1. The van der Waals surface area contributed by atoms with Crippen molar-refractivity contribution in [1.82, 2.24) is 5.73 Å². The van der Waals surface area contributed by atoms with Crippen molar-refractivity contribution in [2.75, 3.05) is 5.73 Å². The van der Waals surface area contributed by atoms with Gasteiger partial charge in [-0.3, -0.25) is 0 Å². The van der Waals surface area contributed by atoms with Crippen molar-refractivity contribution in [2.24, 2.45) is 0 Å². The summed E-state index contributed by atoms with van der Waals surface area (Å²) in [4.78, 5) is 0. The Balaban J connectivity index is 3.31. The molecule has 1 radical (unpaired) electrons. The highest BCUT2D eigenvalue weighted by atomic mass is 79.9. The SMILES string of the molecule is [NH]c1cc(Cl)c(N)c(Br)c1. The first-order valence-electron chi connectivity index (χ1n) is 2.57. The van der Waals surface area contributed by atoms with Crippen LogP contribution in [-0.2, 0) is 0 Å². The Bertz CT molecular complexity index is 239. The molecule has 1 aromatic carbocycles. The number of nitrogen functional groups attached to an aromatic ring is 1. The van der Waals surface area contributed by atoms with E-state index in [0.29, 0.717) is 20.9 Å². The third-order valence-electron chi connectivity index (χ3n) is 1.08. The van der Waals surface area contributed by atoms with Gasteiger partial charge in [-0.2, -0.15) is 0 Å². The standard InChI is InChI=1S/C6H5BrClN2/c7-4-1-3(9)2-5(8)6(4)10/h1-2,9H,10H2. The quantitative estimate of drug-likeness (QED) is 0.671. The highest BCUT2D eigenvalue weighted by Gasteiger charge is 2.01. The van der Waals surface area contributed by atoms with Crippen LogP contribution in [0.4, 0.5) is 11.4 Å². The summed E-state index contributed by atoms with van der Waals surface area (Å²) in [7, 11) is 0. The van der Waals surface area contributed by atoms with E-state index >= 15 is 0 Å². The summed E-state index contributed by atoms with van der Waals surface area (Å²) in [5.41, 5.74) is 13.5. The van der Waals surface area contributed by atoms with E-state index in [-0.39, 0.29) is 0 Å². The van der Waals surface area contributed by atoms with Gasteiger partial charge in [-0.25, -0.2) is 0 Å². The van der Waals surface area contributed by atoms with Crippen LogP contribution < -0.4 is 11.5 Å². The van der Waals surface area contributed by atoms with E-state index in [2.05, 4.69) is 15.9 Å². The minimum Gasteiger partial charge on any atom is -0.397 e. The second-order valence-electron chi connectivity index (χ2n) is 1.85. The highest BCUT2D eigenvalue weighted by molar-refractivity contribution is 9.10. The van der Waals surface area contributed by atoms with E-state index < -0.39 is 0 Å². The summed E-state index contributed by atoms with van der Waals surface area (Å²) in [6.07, 6.45) is 0. The summed E-state index contributed by atoms with van der Waals surface area (Å²) >= 11 is 8.81. The Morgan fingerprint density at radius 3 is 2.60 bits per heavy atom. The smallest absolute Gasteiger partial charge is 0.0668 e. The van der Waals surface area contributed by atoms with Crippen molar-refractivity contribution in [3.63, 3.8) is 0 Å². The number of rotatable bonds is 0.